The molecule has 0 aromatic carbocycles. The number of aryl methyl sites for hydroxylation is 1. The molecule has 84 valence electrons. The Balaban J connectivity index is 3.06. The summed E-state index contributed by atoms with van der Waals surface area (Å²) in [6, 6.07) is 0. The van der Waals surface area contributed by atoms with E-state index < -0.39 is 0 Å². The molecular weight excluding hydrogens is 224 g/mol. The van der Waals surface area contributed by atoms with Gasteiger partial charge in [0.25, 0.3) is 0 Å². The Labute approximate surface area is 101 Å². The summed E-state index contributed by atoms with van der Waals surface area (Å²) in [6.45, 7) is 6.48. The van der Waals surface area contributed by atoms with Gasteiger partial charge in [0.1, 0.15) is 4.99 Å². The maximum atomic E-state index is 5.69. The SMILES string of the molecule is CCc1nc(C(CC)CC)sc1C(N)=S. The zero-order chi connectivity index (χ0) is 11.4. The predicted molar refractivity (Wildman–Crippen MR) is 70.7 cm³/mol. The summed E-state index contributed by atoms with van der Waals surface area (Å²) in [7, 11) is 0. The highest BCUT2D eigenvalue weighted by atomic mass is 32.1. The molecule has 1 aromatic heterocycles. The van der Waals surface area contributed by atoms with E-state index in [1.165, 1.54) is 5.01 Å². The van der Waals surface area contributed by atoms with Gasteiger partial charge in [0.2, 0.25) is 0 Å². The first-order valence-corrected chi connectivity index (χ1v) is 6.65. The summed E-state index contributed by atoms with van der Waals surface area (Å²) >= 11 is 6.71. The molecule has 1 aromatic rings. The average Bonchev–Trinajstić information content (AvgIpc) is 2.64. The first-order chi connectivity index (χ1) is 7.13. The fraction of sp³-hybridized carbons (Fsp3) is 0.636. The van der Waals surface area contributed by atoms with Crippen LogP contribution >= 0.6 is 23.6 Å². The Hall–Kier alpha value is -0.480. The number of nitrogens with two attached hydrogens (primary N) is 1. The van der Waals surface area contributed by atoms with E-state index in [0.29, 0.717) is 10.9 Å². The number of thiocarbonyl (C=S) groups is 1. The van der Waals surface area contributed by atoms with Gasteiger partial charge >= 0.3 is 0 Å². The molecular formula is C11H18N2S2. The van der Waals surface area contributed by atoms with Crippen LogP contribution in [0.25, 0.3) is 0 Å². The van der Waals surface area contributed by atoms with E-state index in [9.17, 15) is 0 Å². The van der Waals surface area contributed by atoms with Gasteiger partial charge in [-0.05, 0) is 19.3 Å². The quantitative estimate of drug-likeness (QED) is 0.806. The number of hydrogen-bond donors (Lipinski definition) is 1. The summed E-state index contributed by atoms with van der Waals surface area (Å²) in [4.78, 5) is 6.14. The molecule has 15 heavy (non-hydrogen) atoms. The highest BCUT2D eigenvalue weighted by molar-refractivity contribution is 7.81. The first kappa shape index (κ1) is 12.6. The summed E-state index contributed by atoms with van der Waals surface area (Å²) in [6.07, 6.45) is 3.16. The Kier molecular flexibility index (Phi) is 4.67. The summed E-state index contributed by atoms with van der Waals surface area (Å²) in [5, 5.41) is 1.19. The van der Waals surface area contributed by atoms with Gasteiger partial charge in [-0.25, -0.2) is 4.98 Å². The molecule has 0 fully saturated rings. The second-order valence-electron chi connectivity index (χ2n) is 3.56. The number of rotatable bonds is 5. The third kappa shape index (κ3) is 2.75. The Morgan fingerprint density at radius 2 is 2.00 bits per heavy atom. The Bertz CT molecular complexity index is 340. The van der Waals surface area contributed by atoms with Crippen LogP contribution in [0.2, 0.25) is 0 Å². The third-order valence-electron chi connectivity index (χ3n) is 2.61. The molecule has 0 unspecified atom stereocenters. The fourth-order valence-corrected chi connectivity index (χ4v) is 3.13. The van der Waals surface area contributed by atoms with Crippen LogP contribution in [-0.4, -0.2) is 9.97 Å². The molecule has 0 bridgehead atoms. The van der Waals surface area contributed by atoms with Crippen molar-refractivity contribution in [3.05, 3.63) is 15.6 Å². The lowest BCUT2D eigenvalue weighted by Crippen LogP contribution is -2.09. The number of aromatic nitrogens is 1. The topological polar surface area (TPSA) is 38.9 Å². The van der Waals surface area contributed by atoms with Crippen molar-refractivity contribution in [2.24, 2.45) is 5.73 Å². The van der Waals surface area contributed by atoms with E-state index in [4.69, 9.17) is 18.0 Å². The van der Waals surface area contributed by atoms with Crippen LogP contribution in [0.15, 0.2) is 0 Å². The van der Waals surface area contributed by atoms with Gasteiger partial charge in [-0.1, -0.05) is 33.0 Å². The molecule has 1 rings (SSSR count). The molecule has 0 radical (unpaired) electrons. The van der Waals surface area contributed by atoms with Crippen molar-refractivity contribution < 1.29 is 0 Å². The average molecular weight is 242 g/mol. The zero-order valence-electron chi connectivity index (χ0n) is 9.54. The van der Waals surface area contributed by atoms with Crippen LogP contribution in [0.4, 0.5) is 0 Å². The Morgan fingerprint density at radius 3 is 2.33 bits per heavy atom. The molecule has 0 aliphatic rings. The summed E-state index contributed by atoms with van der Waals surface area (Å²) in [5.41, 5.74) is 6.75. The van der Waals surface area contributed by atoms with Crippen molar-refractivity contribution in [3.63, 3.8) is 0 Å². The van der Waals surface area contributed by atoms with Crippen molar-refractivity contribution in [1.29, 1.82) is 0 Å². The van der Waals surface area contributed by atoms with Gasteiger partial charge in [-0.3, -0.25) is 0 Å². The highest BCUT2D eigenvalue weighted by Crippen LogP contribution is 2.29. The van der Waals surface area contributed by atoms with Gasteiger partial charge in [0, 0.05) is 5.92 Å². The number of hydrogen-bond acceptors (Lipinski definition) is 3. The minimum atomic E-state index is 0.488. The monoisotopic (exact) mass is 242 g/mol. The van der Waals surface area contributed by atoms with Crippen LogP contribution in [-0.2, 0) is 6.42 Å². The smallest absolute Gasteiger partial charge is 0.116 e. The molecule has 0 saturated heterocycles. The predicted octanol–water partition coefficient (Wildman–Crippen LogP) is 3.24. The summed E-state index contributed by atoms with van der Waals surface area (Å²) < 4.78 is 0. The third-order valence-corrected chi connectivity index (χ3v) is 4.23. The molecule has 2 nitrogen and oxygen atoms in total. The largest absolute Gasteiger partial charge is 0.389 e. The van der Waals surface area contributed by atoms with Crippen LogP contribution in [0.5, 0.6) is 0 Å². The zero-order valence-corrected chi connectivity index (χ0v) is 11.2. The maximum Gasteiger partial charge on any atom is 0.116 e. The van der Waals surface area contributed by atoms with Crippen molar-refractivity contribution >= 4 is 28.5 Å². The normalized spacial score (nSPS) is 10.9. The van der Waals surface area contributed by atoms with Crippen LogP contribution in [0.1, 0.15) is 55.1 Å². The molecule has 4 heteroatoms. The first-order valence-electron chi connectivity index (χ1n) is 5.43. The second kappa shape index (κ2) is 5.56. The van der Waals surface area contributed by atoms with Crippen LogP contribution in [0, 0.1) is 0 Å². The van der Waals surface area contributed by atoms with E-state index in [-0.39, 0.29) is 0 Å². The maximum absolute atomic E-state index is 5.69. The van der Waals surface area contributed by atoms with Gasteiger partial charge in [0.15, 0.2) is 0 Å². The van der Waals surface area contributed by atoms with Gasteiger partial charge < -0.3 is 5.73 Å². The molecule has 0 aliphatic carbocycles. The van der Waals surface area contributed by atoms with E-state index in [2.05, 4.69) is 25.8 Å². The molecule has 0 amide bonds. The van der Waals surface area contributed by atoms with E-state index in [0.717, 1.165) is 29.8 Å². The van der Waals surface area contributed by atoms with Crippen LogP contribution < -0.4 is 5.73 Å². The van der Waals surface area contributed by atoms with E-state index in [1.54, 1.807) is 11.3 Å². The van der Waals surface area contributed by atoms with Crippen molar-refractivity contribution in [2.45, 2.75) is 46.0 Å². The van der Waals surface area contributed by atoms with E-state index >= 15 is 0 Å². The lowest BCUT2D eigenvalue weighted by molar-refractivity contribution is 0.635. The van der Waals surface area contributed by atoms with Gasteiger partial charge in [-0.2, -0.15) is 0 Å². The minimum absolute atomic E-state index is 0.488. The molecule has 2 N–H and O–H groups in total. The van der Waals surface area contributed by atoms with Crippen molar-refractivity contribution in [3.8, 4) is 0 Å². The fourth-order valence-electron chi connectivity index (χ4n) is 1.61. The van der Waals surface area contributed by atoms with Crippen molar-refractivity contribution in [1.82, 2.24) is 4.98 Å². The molecule has 0 saturated carbocycles. The highest BCUT2D eigenvalue weighted by Gasteiger charge is 2.16. The van der Waals surface area contributed by atoms with E-state index in [1.807, 2.05) is 0 Å². The Morgan fingerprint density at radius 1 is 1.40 bits per heavy atom. The standard InChI is InChI=1S/C11H18N2S2/c1-4-7(5-2)11-13-8(6-3)9(15-11)10(12)14/h7H,4-6H2,1-3H3,(H2,12,14). The van der Waals surface area contributed by atoms with Crippen LogP contribution in [0.3, 0.4) is 0 Å². The molecule has 0 aliphatic heterocycles. The van der Waals surface area contributed by atoms with Gasteiger partial charge in [0.05, 0.1) is 15.6 Å². The number of thiazole rings is 1. The number of nitrogens with zero attached hydrogens (tertiary/aromatic N) is 1. The summed E-state index contributed by atoms with van der Waals surface area (Å²) in [5.74, 6) is 0.559. The van der Waals surface area contributed by atoms with Crippen molar-refractivity contribution in [2.75, 3.05) is 0 Å². The minimum Gasteiger partial charge on any atom is -0.389 e. The lowest BCUT2D eigenvalue weighted by Gasteiger charge is -2.06. The molecule has 1 heterocycles. The second-order valence-corrected chi connectivity index (χ2v) is 5.03. The lowest BCUT2D eigenvalue weighted by atomic mass is 10.1. The molecule has 0 atom stereocenters. The molecule has 0 spiro atoms. The van der Waals surface area contributed by atoms with Gasteiger partial charge in [-0.15, -0.1) is 11.3 Å².